The minimum atomic E-state index is 0.988. The number of imidazole rings is 1. The number of pyridine rings is 1. The maximum absolute atomic E-state index is 4.75. The van der Waals surface area contributed by atoms with E-state index < -0.39 is 0 Å². The van der Waals surface area contributed by atoms with Crippen molar-refractivity contribution in [1.29, 1.82) is 0 Å². The Morgan fingerprint density at radius 2 is 0.884 bits per heavy atom. The third-order valence-corrected chi connectivity index (χ3v) is 9.06. The van der Waals surface area contributed by atoms with Crippen molar-refractivity contribution < 1.29 is 0 Å². The van der Waals surface area contributed by atoms with Crippen LogP contribution in [-0.4, -0.2) is 18.5 Å². The largest absolute Gasteiger partial charge is 0.309 e. The molecule has 4 nitrogen and oxygen atoms in total. The van der Waals surface area contributed by atoms with Crippen molar-refractivity contribution >= 4 is 70.9 Å². The predicted octanol–water partition coefficient (Wildman–Crippen LogP) is 9.83. The molecule has 0 unspecified atom stereocenters. The van der Waals surface area contributed by atoms with Gasteiger partial charge in [-0.15, -0.1) is 0 Å². The van der Waals surface area contributed by atoms with Crippen molar-refractivity contribution in [2.75, 3.05) is 0 Å². The van der Waals surface area contributed by atoms with Gasteiger partial charge in [-0.2, -0.15) is 0 Å². The molecular weight excluding hydrogens is 524 g/mol. The van der Waals surface area contributed by atoms with Crippen molar-refractivity contribution in [3.8, 4) is 11.4 Å². The van der Waals surface area contributed by atoms with E-state index in [0.29, 0.717) is 0 Å². The molecule has 4 heteroatoms. The minimum Gasteiger partial charge on any atom is -0.309 e. The van der Waals surface area contributed by atoms with Gasteiger partial charge in [0, 0.05) is 56.1 Å². The van der Waals surface area contributed by atoms with E-state index in [1.165, 1.54) is 54.4 Å². The predicted molar refractivity (Wildman–Crippen MR) is 179 cm³/mol. The molecule has 4 aromatic heterocycles. The van der Waals surface area contributed by atoms with Crippen LogP contribution in [0.5, 0.6) is 0 Å². The standard InChI is InChI=1S/C39H24N4/c1-3-11-25(12-4-1)42-34-18-10-9-16-28(34)30-21-31-33-22-35-32(27-15-7-8-17-29(27)39-40-19-20-41(35)39)23-36(33)43(38(31)24-37(30)42)26-13-5-2-6-14-26/h1-24H. The molecule has 0 aliphatic heterocycles. The number of hydrogen-bond acceptors (Lipinski definition) is 1. The lowest BCUT2D eigenvalue weighted by molar-refractivity contribution is 1.16. The smallest absolute Gasteiger partial charge is 0.145 e. The van der Waals surface area contributed by atoms with E-state index in [1.54, 1.807) is 0 Å². The first kappa shape index (κ1) is 22.8. The Kier molecular flexibility index (Phi) is 4.42. The van der Waals surface area contributed by atoms with Gasteiger partial charge in [-0.3, -0.25) is 4.40 Å². The summed E-state index contributed by atoms with van der Waals surface area (Å²) in [4.78, 5) is 4.75. The van der Waals surface area contributed by atoms with Crippen molar-refractivity contribution in [3.05, 3.63) is 146 Å². The monoisotopic (exact) mass is 548 g/mol. The molecule has 0 bridgehead atoms. The lowest BCUT2D eigenvalue weighted by Crippen LogP contribution is -1.96. The highest BCUT2D eigenvalue weighted by molar-refractivity contribution is 6.23. The highest BCUT2D eigenvalue weighted by Gasteiger charge is 2.20. The number of para-hydroxylation sites is 3. The fourth-order valence-electron chi connectivity index (χ4n) is 7.25. The van der Waals surface area contributed by atoms with Gasteiger partial charge in [0.15, 0.2) is 0 Å². The van der Waals surface area contributed by atoms with Crippen LogP contribution in [0.15, 0.2) is 146 Å². The average molecular weight is 549 g/mol. The van der Waals surface area contributed by atoms with Gasteiger partial charge >= 0.3 is 0 Å². The van der Waals surface area contributed by atoms with Gasteiger partial charge < -0.3 is 9.13 Å². The lowest BCUT2D eigenvalue weighted by Gasteiger charge is -2.11. The normalized spacial score (nSPS) is 12.2. The summed E-state index contributed by atoms with van der Waals surface area (Å²) in [5.41, 5.74) is 9.26. The van der Waals surface area contributed by atoms with E-state index in [0.717, 1.165) is 27.9 Å². The summed E-state index contributed by atoms with van der Waals surface area (Å²) in [5.74, 6) is 0. The van der Waals surface area contributed by atoms with Crippen LogP contribution in [0.2, 0.25) is 0 Å². The highest BCUT2D eigenvalue weighted by atomic mass is 15.0. The topological polar surface area (TPSA) is 27.2 Å². The Morgan fingerprint density at radius 1 is 0.372 bits per heavy atom. The van der Waals surface area contributed by atoms with Crippen LogP contribution in [0.1, 0.15) is 0 Å². The van der Waals surface area contributed by atoms with Gasteiger partial charge in [-0.05, 0) is 60.0 Å². The first-order chi connectivity index (χ1) is 21.3. The van der Waals surface area contributed by atoms with Gasteiger partial charge in [-0.25, -0.2) is 4.98 Å². The first-order valence-corrected chi connectivity index (χ1v) is 14.6. The SMILES string of the molecule is c1ccc(-n2c3ccccc3c3cc4c5cc6c(cc5n(-c5ccccc5)c4cc32)c2ccccc2c2nccn62)cc1. The zero-order chi connectivity index (χ0) is 28.1. The van der Waals surface area contributed by atoms with Gasteiger partial charge in [0.2, 0.25) is 0 Å². The Morgan fingerprint density at radius 3 is 1.63 bits per heavy atom. The molecule has 200 valence electrons. The summed E-state index contributed by atoms with van der Waals surface area (Å²) >= 11 is 0. The van der Waals surface area contributed by atoms with E-state index in [-0.39, 0.29) is 0 Å². The molecule has 10 rings (SSSR count). The van der Waals surface area contributed by atoms with Crippen molar-refractivity contribution in [2.24, 2.45) is 0 Å². The Balaban J connectivity index is 1.45. The molecule has 0 saturated carbocycles. The molecule has 0 N–H and O–H groups in total. The number of aromatic nitrogens is 4. The number of nitrogens with zero attached hydrogens (tertiary/aromatic N) is 4. The fourth-order valence-corrected chi connectivity index (χ4v) is 7.25. The van der Waals surface area contributed by atoms with E-state index >= 15 is 0 Å². The summed E-state index contributed by atoms with van der Waals surface area (Å²) in [5, 5.41) is 8.58. The maximum atomic E-state index is 4.75. The van der Waals surface area contributed by atoms with Crippen molar-refractivity contribution in [3.63, 3.8) is 0 Å². The van der Waals surface area contributed by atoms with E-state index in [4.69, 9.17) is 4.98 Å². The molecule has 43 heavy (non-hydrogen) atoms. The molecular formula is C39H24N4. The fraction of sp³-hybridized carbons (Fsp3) is 0. The Bertz CT molecular complexity index is 2710. The second-order valence-electron chi connectivity index (χ2n) is 11.3. The summed E-state index contributed by atoms with van der Waals surface area (Å²) in [6.07, 6.45) is 3.98. The zero-order valence-electron chi connectivity index (χ0n) is 23.1. The zero-order valence-corrected chi connectivity index (χ0v) is 23.1. The molecule has 6 aromatic carbocycles. The molecule has 0 fully saturated rings. The maximum Gasteiger partial charge on any atom is 0.145 e. The number of fused-ring (bicyclic) bond motifs is 12. The molecule has 10 aromatic rings. The Labute approximate surface area is 246 Å². The molecule has 0 spiro atoms. The van der Waals surface area contributed by atoms with Gasteiger partial charge in [-0.1, -0.05) is 78.9 Å². The van der Waals surface area contributed by atoms with Crippen molar-refractivity contribution in [1.82, 2.24) is 18.5 Å². The van der Waals surface area contributed by atoms with Crippen LogP contribution in [-0.2, 0) is 0 Å². The number of hydrogen-bond donors (Lipinski definition) is 0. The third kappa shape index (κ3) is 3.02. The number of benzene rings is 6. The van der Waals surface area contributed by atoms with Crippen LogP contribution in [0.3, 0.4) is 0 Å². The van der Waals surface area contributed by atoms with Gasteiger partial charge in [0.05, 0.1) is 27.6 Å². The summed E-state index contributed by atoms with van der Waals surface area (Å²) < 4.78 is 7.07. The van der Waals surface area contributed by atoms with E-state index in [2.05, 4.69) is 153 Å². The molecule has 0 aliphatic carbocycles. The first-order valence-electron chi connectivity index (χ1n) is 14.6. The van der Waals surface area contributed by atoms with Crippen molar-refractivity contribution in [2.45, 2.75) is 0 Å². The summed E-state index contributed by atoms with van der Waals surface area (Å²) in [7, 11) is 0. The van der Waals surface area contributed by atoms with E-state index in [9.17, 15) is 0 Å². The second kappa shape index (κ2) is 8.34. The van der Waals surface area contributed by atoms with Gasteiger partial charge in [0.25, 0.3) is 0 Å². The third-order valence-electron chi connectivity index (χ3n) is 9.06. The van der Waals surface area contributed by atoms with Crippen LogP contribution in [0.25, 0.3) is 82.3 Å². The molecule has 0 aliphatic rings. The molecule has 0 atom stereocenters. The quantitative estimate of drug-likeness (QED) is 0.198. The van der Waals surface area contributed by atoms with Crippen LogP contribution < -0.4 is 0 Å². The second-order valence-corrected chi connectivity index (χ2v) is 11.3. The van der Waals surface area contributed by atoms with Crippen LogP contribution in [0, 0.1) is 0 Å². The molecule has 4 heterocycles. The summed E-state index contributed by atoms with van der Waals surface area (Å²) in [6.45, 7) is 0. The summed E-state index contributed by atoms with van der Waals surface area (Å²) in [6, 6.07) is 48.3. The molecule has 0 radical (unpaired) electrons. The lowest BCUT2D eigenvalue weighted by atomic mass is 10.0. The molecule has 0 saturated heterocycles. The molecule has 0 amide bonds. The Hall–Kier alpha value is -5.87. The number of rotatable bonds is 2. The average Bonchev–Trinajstić information content (AvgIpc) is 3.77. The van der Waals surface area contributed by atoms with E-state index in [1.807, 2.05) is 6.20 Å². The van der Waals surface area contributed by atoms with Gasteiger partial charge in [0.1, 0.15) is 5.65 Å². The minimum absolute atomic E-state index is 0.988. The van der Waals surface area contributed by atoms with Crippen LogP contribution >= 0.6 is 0 Å². The highest BCUT2D eigenvalue weighted by Crippen LogP contribution is 2.41. The van der Waals surface area contributed by atoms with Crippen LogP contribution in [0.4, 0.5) is 0 Å².